The molecule has 2 heterocycles. The molecule has 1 aliphatic rings. The van der Waals surface area contributed by atoms with Gasteiger partial charge < -0.3 is 5.11 Å². The monoisotopic (exact) mass is 297 g/mol. The van der Waals surface area contributed by atoms with E-state index in [9.17, 15) is 5.11 Å². The minimum Gasteiger partial charge on any atom is -0.391 e. The Morgan fingerprint density at radius 3 is 2.85 bits per heavy atom. The first-order chi connectivity index (χ1) is 9.65. The van der Waals surface area contributed by atoms with Crippen molar-refractivity contribution in [1.82, 2.24) is 14.7 Å². The number of nitrogens with zero attached hydrogens (tertiary/aromatic N) is 3. The van der Waals surface area contributed by atoms with Crippen molar-refractivity contribution in [1.29, 1.82) is 0 Å². The van der Waals surface area contributed by atoms with E-state index >= 15 is 0 Å². The van der Waals surface area contributed by atoms with Crippen LogP contribution in [-0.4, -0.2) is 57.0 Å². The Balaban J connectivity index is 1.95. The van der Waals surface area contributed by atoms with E-state index in [4.69, 9.17) is 0 Å². The molecule has 2 atom stereocenters. The predicted molar refractivity (Wildman–Crippen MR) is 85.3 cm³/mol. The molecule has 1 saturated heterocycles. The number of aliphatic hydroxyl groups excluding tert-OH is 1. The van der Waals surface area contributed by atoms with E-state index in [1.54, 1.807) is 0 Å². The SMILES string of the molecule is CCC(CC)n1ccc(CC(O)C2CSCCN2C)n1. The molecule has 0 amide bonds. The van der Waals surface area contributed by atoms with Gasteiger partial charge in [-0.3, -0.25) is 9.58 Å². The van der Waals surface area contributed by atoms with Gasteiger partial charge in [0.25, 0.3) is 0 Å². The Labute approximate surface area is 126 Å². The predicted octanol–water partition coefficient (Wildman–Crippen LogP) is 2.19. The van der Waals surface area contributed by atoms with E-state index < -0.39 is 0 Å². The highest BCUT2D eigenvalue weighted by Gasteiger charge is 2.27. The topological polar surface area (TPSA) is 41.3 Å². The Hall–Kier alpha value is -0.520. The Bertz CT molecular complexity index is 406. The Morgan fingerprint density at radius 2 is 2.20 bits per heavy atom. The van der Waals surface area contributed by atoms with Gasteiger partial charge in [0.05, 0.1) is 17.8 Å². The van der Waals surface area contributed by atoms with Crippen LogP contribution in [0.15, 0.2) is 12.3 Å². The fourth-order valence-electron chi connectivity index (χ4n) is 2.81. The second-order valence-electron chi connectivity index (χ2n) is 5.65. The summed E-state index contributed by atoms with van der Waals surface area (Å²) in [7, 11) is 2.11. The van der Waals surface area contributed by atoms with Gasteiger partial charge in [-0.05, 0) is 26.0 Å². The van der Waals surface area contributed by atoms with Gasteiger partial charge in [0.2, 0.25) is 0 Å². The molecule has 114 valence electrons. The highest BCUT2D eigenvalue weighted by atomic mass is 32.2. The summed E-state index contributed by atoms with van der Waals surface area (Å²) in [5.41, 5.74) is 1.01. The molecule has 1 aromatic heterocycles. The van der Waals surface area contributed by atoms with Crippen molar-refractivity contribution in [2.24, 2.45) is 0 Å². The van der Waals surface area contributed by atoms with Crippen LogP contribution in [0.25, 0.3) is 0 Å². The molecule has 0 bridgehead atoms. The highest BCUT2D eigenvalue weighted by Crippen LogP contribution is 2.20. The molecule has 0 spiro atoms. The average Bonchev–Trinajstić information content (AvgIpc) is 2.89. The van der Waals surface area contributed by atoms with Crippen LogP contribution in [0.3, 0.4) is 0 Å². The molecular formula is C15H27N3OS. The van der Waals surface area contributed by atoms with Crippen molar-refractivity contribution in [3.63, 3.8) is 0 Å². The Kier molecular flexibility index (Phi) is 5.93. The lowest BCUT2D eigenvalue weighted by Gasteiger charge is -2.35. The second kappa shape index (κ2) is 7.48. The Morgan fingerprint density at radius 1 is 1.45 bits per heavy atom. The van der Waals surface area contributed by atoms with Crippen molar-refractivity contribution >= 4 is 11.8 Å². The average molecular weight is 297 g/mol. The summed E-state index contributed by atoms with van der Waals surface area (Å²) in [5.74, 6) is 2.19. The number of rotatable bonds is 6. The van der Waals surface area contributed by atoms with Crippen molar-refractivity contribution < 1.29 is 5.11 Å². The van der Waals surface area contributed by atoms with Crippen LogP contribution >= 0.6 is 11.8 Å². The maximum atomic E-state index is 10.5. The fourth-order valence-corrected chi connectivity index (χ4v) is 4.12. The first-order valence-corrected chi connectivity index (χ1v) is 8.81. The lowest BCUT2D eigenvalue weighted by molar-refractivity contribution is 0.0754. The molecule has 0 aromatic carbocycles. The maximum Gasteiger partial charge on any atom is 0.0759 e. The fraction of sp³-hybridized carbons (Fsp3) is 0.800. The van der Waals surface area contributed by atoms with Gasteiger partial charge in [0.15, 0.2) is 0 Å². The van der Waals surface area contributed by atoms with Crippen LogP contribution in [0.4, 0.5) is 0 Å². The van der Waals surface area contributed by atoms with Crippen LogP contribution in [0.1, 0.15) is 38.4 Å². The number of aromatic nitrogens is 2. The molecule has 1 fully saturated rings. The van der Waals surface area contributed by atoms with Gasteiger partial charge >= 0.3 is 0 Å². The van der Waals surface area contributed by atoms with Gasteiger partial charge in [-0.25, -0.2) is 0 Å². The van der Waals surface area contributed by atoms with Crippen molar-refractivity contribution in [2.45, 2.75) is 51.3 Å². The molecule has 1 N–H and O–H groups in total. The van der Waals surface area contributed by atoms with Gasteiger partial charge in [0.1, 0.15) is 0 Å². The zero-order chi connectivity index (χ0) is 14.5. The van der Waals surface area contributed by atoms with E-state index in [-0.39, 0.29) is 12.1 Å². The van der Waals surface area contributed by atoms with E-state index in [2.05, 4.69) is 47.8 Å². The maximum absolute atomic E-state index is 10.5. The molecule has 1 aliphatic heterocycles. The number of hydrogen-bond donors (Lipinski definition) is 1. The van der Waals surface area contributed by atoms with Gasteiger partial charge in [-0.1, -0.05) is 13.8 Å². The zero-order valence-corrected chi connectivity index (χ0v) is 13.6. The highest BCUT2D eigenvalue weighted by molar-refractivity contribution is 7.99. The second-order valence-corrected chi connectivity index (χ2v) is 6.80. The first kappa shape index (κ1) is 15.9. The summed E-state index contributed by atoms with van der Waals surface area (Å²) in [6, 6.07) is 2.79. The third-order valence-electron chi connectivity index (χ3n) is 4.29. The minimum atomic E-state index is -0.321. The smallest absolute Gasteiger partial charge is 0.0759 e. The molecule has 0 radical (unpaired) electrons. The van der Waals surface area contributed by atoms with Crippen LogP contribution in [0, 0.1) is 0 Å². The molecule has 20 heavy (non-hydrogen) atoms. The van der Waals surface area contributed by atoms with Crippen LogP contribution in [0.5, 0.6) is 0 Å². The number of hydrogen-bond acceptors (Lipinski definition) is 4. The van der Waals surface area contributed by atoms with Gasteiger partial charge in [-0.2, -0.15) is 16.9 Å². The molecule has 0 saturated carbocycles. The van der Waals surface area contributed by atoms with Crippen molar-refractivity contribution in [3.05, 3.63) is 18.0 Å². The molecule has 2 rings (SSSR count). The molecule has 0 aliphatic carbocycles. The summed E-state index contributed by atoms with van der Waals surface area (Å²) in [6.07, 6.45) is 4.59. The number of aliphatic hydroxyl groups is 1. The standard InChI is InChI=1S/C15H27N3OS/c1-4-13(5-2)18-7-6-12(16-18)10-15(19)14-11-20-9-8-17(14)3/h6-7,13-15,19H,4-5,8-11H2,1-3H3. The summed E-state index contributed by atoms with van der Waals surface area (Å²) >= 11 is 1.94. The molecule has 5 heteroatoms. The summed E-state index contributed by atoms with van der Waals surface area (Å²) in [4.78, 5) is 2.28. The van der Waals surface area contributed by atoms with Gasteiger partial charge in [0, 0.05) is 36.7 Å². The molecular weight excluding hydrogens is 270 g/mol. The zero-order valence-electron chi connectivity index (χ0n) is 12.8. The molecule has 1 aromatic rings. The largest absolute Gasteiger partial charge is 0.391 e. The normalized spacial score (nSPS) is 22.4. The van der Waals surface area contributed by atoms with Gasteiger partial charge in [-0.15, -0.1) is 0 Å². The summed E-state index contributed by atoms with van der Waals surface area (Å²) in [5, 5.41) is 15.1. The third kappa shape index (κ3) is 3.77. The lowest BCUT2D eigenvalue weighted by Crippen LogP contribution is -2.47. The molecule has 4 nitrogen and oxygen atoms in total. The first-order valence-electron chi connectivity index (χ1n) is 7.65. The number of thioether (sulfide) groups is 1. The third-order valence-corrected chi connectivity index (χ3v) is 5.33. The van der Waals surface area contributed by atoms with Crippen LogP contribution in [0.2, 0.25) is 0 Å². The van der Waals surface area contributed by atoms with Crippen molar-refractivity contribution in [2.75, 3.05) is 25.1 Å². The summed E-state index contributed by atoms with van der Waals surface area (Å²) in [6.45, 7) is 5.45. The lowest BCUT2D eigenvalue weighted by atomic mass is 10.1. The summed E-state index contributed by atoms with van der Waals surface area (Å²) < 4.78 is 2.06. The van der Waals surface area contributed by atoms with E-state index in [1.165, 1.54) is 5.75 Å². The minimum absolute atomic E-state index is 0.257. The van der Waals surface area contributed by atoms with E-state index in [0.717, 1.165) is 30.8 Å². The van der Waals surface area contributed by atoms with E-state index in [0.29, 0.717) is 12.5 Å². The van der Waals surface area contributed by atoms with Crippen molar-refractivity contribution in [3.8, 4) is 0 Å². The number of likely N-dealkylation sites (N-methyl/N-ethyl adjacent to an activating group) is 1. The van der Waals surface area contributed by atoms with E-state index in [1.807, 2.05) is 11.8 Å². The molecule has 2 unspecified atom stereocenters. The van der Waals surface area contributed by atoms with Crippen LogP contribution in [-0.2, 0) is 6.42 Å². The quantitative estimate of drug-likeness (QED) is 0.874. The van der Waals surface area contributed by atoms with Crippen LogP contribution < -0.4 is 0 Å².